The summed E-state index contributed by atoms with van der Waals surface area (Å²) in [6.45, 7) is 4.34. The molecule has 0 saturated heterocycles. The van der Waals surface area contributed by atoms with Crippen molar-refractivity contribution < 1.29 is 9.90 Å². The van der Waals surface area contributed by atoms with Gasteiger partial charge in [-0.2, -0.15) is 0 Å². The predicted molar refractivity (Wildman–Crippen MR) is 68.2 cm³/mol. The molecule has 2 atom stereocenters. The number of hydrogen-bond acceptors (Lipinski definition) is 1. The Kier molecular flexibility index (Phi) is 3.51. The molecule has 1 fully saturated rings. The van der Waals surface area contributed by atoms with E-state index in [1.807, 2.05) is 0 Å². The van der Waals surface area contributed by atoms with Crippen LogP contribution in [-0.4, -0.2) is 11.1 Å². The third-order valence-corrected chi connectivity index (χ3v) is 3.86. The van der Waals surface area contributed by atoms with Crippen molar-refractivity contribution in [1.29, 1.82) is 0 Å². The molecule has 0 aliphatic heterocycles. The van der Waals surface area contributed by atoms with Gasteiger partial charge in [0.2, 0.25) is 0 Å². The quantitative estimate of drug-likeness (QED) is 0.861. The Labute approximate surface area is 103 Å². The number of rotatable bonds is 3. The lowest BCUT2D eigenvalue weighted by Crippen LogP contribution is -2.16. The Balaban J connectivity index is 2.19. The van der Waals surface area contributed by atoms with E-state index in [2.05, 4.69) is 38.1 Å². The zero-order chi connectivity index (χ0) is 12.4. The van der Waals surface area contributed by atoms with Crippen LogP contribution in [0, 0.1) is 5.92 Å². The van der Waals surface area contributed by atoms with Crippen LogP contribution in [0.5, 0.6) is 0 Å². The lowest BCUT2D eigenvalue weighted by atomic mass is 9.88. The van der Waals surface area contributed by atoms with Gasteiger partial charge in [0.15, 0.2) is 0 Å². The molecular weight excluding hydrogens is 212 g/mol. The van der Waals surface area contributed by atoms with E-state index < -0.39 is 5.97 Å². The Bertz CT molecular complexity index is 392. The summed E-state index contributed by atoms with van der Waals surface area (Å²) in [4.78, 5) is 11.2. The van der Waals surface area contributed by atoms with Crippen LogP contribution in [0.1, 0.15) is 56.1 Å². The minimum atomic E-state index is -0.638. The van der Waals surface area contributed by atoms with Crippen molar-refractivity contribution >= 4 is 5.97 Å². The normalized spacial score (nSPS) is 24.2. The maximum Gasteiger partial charge on any atom is 0.307 e. The van der Waals surface area contributed by atoms with Gasteiger partial charge in [-0.3, -0.25) is 4.79 Å². The van der Waals surface area contributed by atoms with Crippen molar-refractivity contribution in [3.63, 3.8) is 0 Å². The van der Waals surface area contributed by atoms with Crippen LogP contribution in [0.3, 0.4) is 0 Å². The van der Waals surface area contributed by atoms with E-state index >= 15 is 0 Å². The molecule has 1 aliphatic carbocycles. The fourth-order valence-corrected chi connectivity index (χ4v) is 2.78. The average Bonchev–Trinajstić information content (AvgIpc) is 2.78. The first-order valence-electron chi connectivity index (χ1n) is 6.42. The van der Waals surface area contributed by atoms with Gasteiger partial charge in [-0.15, -0.1) is 0 Å². The van der Waals surface area contributed by atoms with E-state index in [9.17, 15) is 9.90 Å². The summed E-state index contributed by atoms with van der Waals surface area (Å²) in [5.41, 5.74) is 2.51. The Morgan fingerprint density at radius 1 is 1.24 bits per heavy atom. The highest BCUT2D eigenvalue weighted by Crippen LogP contribution is 2.39. The molecular formula is C15H20O2. The summed E-state index contributed by atoms with van der Waals surface area (Å²) in [6.07, 6.45) is 2.87. The maximum absolute atomic E-state index is 11.2. The maximum atomic E-state index is 11.2. The highest BCUT2D eigenvalue weighted by molar-refractivity contribution is 5.71. The number of carboxylic acids is 1. The second-order valence-corrected chi connectivity index (χ2v) is 5.30. The van der Waals surface area contributed by atoms with E-state index in [4.69, 9.17) is 0 Å². The van der Waals surface area contributed by atoms with Gasteiger partial charge >= 0.3 is 5.97 Å². The molecule has 17 heavy (non-hydrogen) atoms. The summed E-state index contributed by atoms with van der Waals surface area (Å²) < 4.78 is 0. The molecule has 92 valence electrons. The topological polar surface area (TPSA) is 37.3 Å². The largest absolute Gasteiger partial charge is 0.481 e. The lowest BCUT2D eigenvalue weighted by Gasteiger charge is -2.17. The third-order valence-electron chi connectivity index (χ3n) is 3.86. The summed E-state index contributed by atoms with van der Waals surface area (Å²) in [5.74, 6) is -0.0723. The molecule has 0 heterocycles. The fraction of sp³-hybridized carbons (Fsp3) is 0.533. The van der Waals surface area contributed by atoms with Gasteiger partial charge in [-0.1, -0.05) is 44.5 Å². The van der Waals surface area contributed by atoms with Gasteiger partial charge in [0.1, 0.15) is 0 Å². The highest BCUT2D eigenvalue weighted by atomic mass is 16.4. The van der Waals surface area contributed by atoms with Crippen molar-refractivity contribution in [1.82, 2.24) is 0 Å². The minimum absolute atomic E-state index is 0.181. The van der Waals surface area contributed by atoms with Gasteiger partial charge < -0.3 is 5.11 Å². The zero-order valence-electron chi connectivity index (χ0n) is 10.5. The molecule has 0 spiro atoms. The van der Waals surface area contributed by atoms with Crippen LogP contribution in [0.2, 0.25) is 0 Å². The van der Waals surface area contributed by atoms with Crippen LogP contribution >= 0.6 is 0 Å². The van der Waals surface area contributed by atoms with E-state index in [1.165, 1.54) is 11.1 Å². The molecule has 2 nitrogen and oxygen atoms in total. The van der Waals surface area contributed by atoms with Gasteiger partial charge in [-0.05, 0) is 35.8 Å². The van der Waals surface area contributed by atoms with Crippen molar-refractivity contribution in [2.75, 3.05) is 0 Å². The van der Waals surface area contributed by atoms with Crippen LogP contribution in [0.25, 0.3) is 0 Å². The molecule has 0 radical (unpaired) electrons. The second kappa shape index (κ2) is 4.91. The number of carboxylic acid groups (broad SMARTS) is 1. The molecule has 1 aromatic rings. The first-order valence-corrected chi connectivity index (χ1v) is 6.42. The summed E-state index contributed by atoms with van der Waals surface area (Å²) in [5, 5.41) is 9.19. The minimum Gasteiger partial charge on any atom is -0.481 e. The highest BCUT2D eigenvalue weighted by Gasteiger charge is 2.33. The lowest BCUT2D eigenvalue weighted by molar-refractivity contribution is -0.142. The standard InChI is InChI=1S/C15H20O2/c1-10(2)11-6-8-12(9-7-11)13-4-3-5-14(13)15(16)17/h6-10,13-14H,3-5H2,1-2H3,(H,16,17). The Morgan fingerprint density at radius 2 is 1.88 bits per heavy atom. The Hall–Kier alpha value is -1.31. The summed E-state index contributed by atoms with van der Waals surface area (Å²) in [6, 6.07) is 8.50. The van der Waals surface area contributed by atoms with Gasteiger partial charge in [0.05, 0.1) is 5.92 Å². The molecule has 2 rings (SSSR count). The molecule has 2 unspecified atom stereocenters. The molecule has 0 bridgehead atoms. The fourth-order valence-electron chi connectivity index (χ4n) is 2.78. The summed E-state index contributed by atoms with van der Waals surface area (Å²) >= 11 is 0. The van der Waals surface area contributed by atoms with Crippen molar-refractivity contribution in [2.45, 2.75) is 44.9 Å². The van der Waals surface area contributed by atoms with Gasteiger partial charge in [-0.25, -0.2) is 0 Å². The third kappa shape index (κ3) is 2.51. The zero-order valence-corrected chi connectivity index (χ0v) is 10.5. The van der Waals surface area contributed by atoms with E-state index in [1.54, 1.807) is 0 Å². The second-order valence-electron chi connectivity index (χ2n) is 5.30. The monoisotopic (exact) mass is 232 g/mol. The first-order chi connectivity index (χ1) is 8.09. The molecule has 1 N–H and O–H groups in total. The number of hydrogen-bond donors (Lipinski definition) is 1. The van der Waals surface area contributed by atoms with Gasteiger partial charge in [0.25, 0.3) is 0 Å². The molecule has 1 saturated carbocycles. The Morgan fingerprint density at radius 3 is 2.41 bits per heavy atom. The first kappa shape index (κ1) is 12.2. The van der Waals surface area contributed by atoms with Crippen LogP contribution in [0.4, 0.5) is 0 Å². The van der Waals surface area contributed by atoms with Crippen LogP contribution < -0.4 is 0 Å². The molecule has 0 amide bonds. The molecule has 1 aliphatic rings. The number of aliphatic carboxylic acids is 1. The molecule has 2 heteroatoms. The predicted octanol–water partition coefficient (Wildman–Crippen LogP) is 3.78. The smallest absolute Gasteiger partial charge is 0.307 e. The number of benzene rings is 1. The van der Waals surface area contributed by atoms with E-state index in [-0.39, 0.29) is 11.8 Å². The average molecular weight is 232 g/mol. The SMILES string of the molecule is CC(C)c1ccc(C2CCCC2C(=O)O)cc1. The van der Waals surface area contributed by atoms with Crippen molar-refractivity contribution in [3.05, 3.63) is 35.4 Å². The van der Waals surface area contributed by atoms with Crippen molar-refractivity contribution in [3.8, 4) is 0 Å². The summed E-state index contributed by atoms with van der Waals surface area (Å²) in [7, 11) is 0. The van der Waals surface area contributed by atoms with E-state index in [0.29, 0.717) is 5.92 Å². The number of carbonyl (C=O) groups is 1. The van der Waals surface area contributed by atoms with Gasteiger partial charge in [0, 0.05) is 0 Å². The van der Waals surface area contributed by atoms with Crippen molar-refractivity contribution in [2.24, 2.45) is 5.92 Å². The molecule has 1 aromatic carbocycles. The van der Waals surface area contributed by atoms with E-state index in [0.717, 1.165) is 19.3 Å². The molecule has 0 aromatic heterocycles. The van der Waals surface area contributed by atoms with Crippen LogP contribution in [-0.2, 0) is 4.79 Å². The van der Waals surface area contributed by atoms with Crippen LogP contribution in [0.15, 0.2) is 24.3 Å².